The third-order valence-electron chi connectivity index (χ3n) is 3.20. The first kappa shape index (κ1) is 17.6. The first-order valence-corrected chi connectivity index (χ1v) is 8.00. The van der Waals surface area contributed by atoms with Crippen molar-refractivity contribution in [2.75, 3.05) is 0 Å². The van der Waals surface area contributed by atoms with Gasteiger partial charge in [-0.2, -0.15) is 0 Å². The monoisotopic (exact) mass is 322 g/mol. The molecular formula is C13H17Cl2PTi. The third kappa shape index (κ3) is 4.01. The molecule has 1 aromatic rings. The van der Waals surface area contributed by atoms with Gasteiger partial charge in [-0.05, 0) is 0 Å². The average Bonchev–Trinajstić information content (AvgIpc) is 2.65. The van der Waals surface area contributed by atoms with Gasteiger partial charge in [-0.1, -0.05) is 0 Å². The summed E-state index contributed by atoms with van der Waals surface area (Å²) >= 11 is 0.0127. The van der Waals surface area contributed by atoms with Crippen molar-refractivity contribution in [3.05, 3.63) is 38.0 Å². The van der Waals surface area contributed by atoms with E-state index in [-0.39, 0.29) is 44.0 Å². The van der Waals surface area contributed by atoms with E-state index in [1.165, 1.54) is 17.6 Å². The molecule has 1 aromatic heterocycles. The van der Waals surface area contributed by atoms with Crippen LogP contribution in [0.4, 0.5) is 0 Å². The van der Waals surface area contributed by atoms with E-state index >= 15 is 0 Å². The van der Waals surface area contributed by atoms with E-state index in [0.717, 1.165) is 8.19 Å². The minimum absolute atomic E-state index is 0. The van der Waals surface area contributed by atoms with Gasteiger partial charge < -0.3 is 24.8 Å². The molecule has 0 nitrogen and oxygen atoms in total. The average molecular weight is 323 g/mol. The number of hydrogen-bond acceptors (Lipinski definition) is 0. The Morgan fingerprint density at radius 2 is 1.76 bits per heavy atom. The van der Waals surface area contributed by atoms with Crippen molar-refractivity contribution >= 4 is 11.8 Å². The SMILES string of the molecule is CC1=C(C)C[C]([Ti+2][c]2[pH]cc(C)c2C)=C1.[Cl-].[Cl-]. The molecule has 92 valence electrons. The Morgan fingerprint density at radius 3 is 2.18 bits per heavy atom. The Balaban J connectivity index is 0.00000128. The van der Waals surface area contributed by atoms with Crippen LogP contribution in [0.15, 0.2) is 26.9 Å². The summed E-state index contributed by atoms with van der Waals surface area (Å²) in [5.74, 6) is 2.41. The van der Waals surface area contributed by atoms with Crippen LogP contribution < -0.4 is 28.4 Å². The zero-order chi connectivity index (χ0) is 11.0. The maximum Gasteiger partial charge on any atom is -1.00 e. The van der Waals surface area contributed by atoms with Crippen molar-refractivity contribution in [2.24, 2.45) is 0 Å². The largest absolute Gasteiger partial charge is 1.00 e. The van der Waals surface area contributed by atoms with Crippen LogP contribution in [-0.4, -0.2) is 0 Å². The van der Waals surface area contributed by atoms with E-state index < -0.39 is 0 Å². The van der Waals surface area contributed by atoms with Crippen molar-refractivity contribution in [3.63, 3.8) is 0 Å². The molecule has 1 atom stereocenters. The summed E-state index contributed by atoms with van der Waals surface area (Å²) in [6, 6.07) is 0. The minimum Gasteiger partial charge on any atom is -1.00 e. The van der Waals surface area contributed by atoms with Crippen LogP contribution in [0.3, 0.4) is 0 Å². The fourth-order valence-corrected chi connectivity index (χ4v) is 6.33. The molecule has 1 unspecified atom stereocenters. The van der Waals surface area contributed by atoms with Crippen LogP contribution in [0.25, 0.3) is 0 Å². The van der Waals surface area contributed by atoms with Crippen molar-refractivity contribution in [3.8, 4) is 0 Å². The number of hydrogen-bond donors (Lipinski definition) is 0. The molecule has 1 heterocycles. The second kappa shape index (κ2) is 7.22. The molecule has 0 N–H and O–H groups in total. The van der Waals surface area contributed by atoms with Crippen molar-refractivity contribution in [1.82, 2.24) is 0 Å². The standard InChI is InChI=1S/C7H9.C6H8P.2ClH.Ti/c1-6-4-3-5-7(6)2;1-5-3-7-4-6(5)2;;;/h4H,5H2,1-2H3;3,7H,1-2H3;2*1H;/q;;;;+2/p-2. The van der Waals surface area contributed by atoms with Crippen molar-refractivity contribution in [2.45, 2.75) is 34.1 Å². The molecule has 4 heteroatoms. The molecule has 0 saturated heterocycles. The summed E-state index contributed by atoms with van der Waals surface area (Å²) in [4.78, 5) is 0. The third-order valence-corrected chi connectivity index (χ3v) is 7.62. The molecule has 0 amide bonds. The van der Waals surface area contributed by atoms with E-state index in [2.05, 4.69) is 39.6 Å². The van der Waals surface area contributed by atoms with Gasteiger partial charge in [-0.3, -0.25) is 0 Å². The molecule has 0 aliphatic heterocycles. The second-order valence-corrected chi connectivity index (χ2v) is 8.44. The first-order valence-electron chi connectivity index (χ1n) is 5.36. The van der Waals surface area contributed by atoms with Gasteiger partial charge in [0.1, 0.15) is 0 Å². The molecule has 0 spiro atoms. The Kier molecular flexibility index (Phi) is 7.45. The molecule has 1 aliphatic rings. The van der Waals surface area contributed by atoms with Crippen LogP contribution >= 0.6 is 8.19 Å². The summed E-state index contributed by atoms with van der Waals surface area (Å²) in [5.41, 5.74) is 6.21. The van der Waals surface area contributed by atoms with Gasteiger partial charge in [0.25, 0.3) is 0 Å². The molecule has 0 aromatic carbocycles. The van der Waals surface area contributed by atoms with Crippen molar-refractivity contribution in [1.29, 1.82) is 0 Å². The van der Waals surface area contributed by atoms with Crippen LogP contribution in [-0.2, 0) is 19.2 Å². The smallest absolute Gasteiger partial charge is 1.00 e. The topological polar surface area (TPSA) is 0 Å². The molecule has 1 aliphatic carbocycles. The van der Waals surface area contributed by atoms with Crippen LogP contribution in [0.5, 0.6) is 0 Å². The number of halogens is 2. The molecule has 17 heavy (non-hydrogen) atoms. The molecule has 2 rings (SSSR count). The molecule has 0 bridgehead atoms. The quantitative estimate of drug-likeness (QED) is 0.536. The van der Waals surface area contributed by atoms with Gasteiger partial charge in [-0.15, -0.1) is 0 Å². The van der Waals surface area contributed by atoms with E-state index in [0.29, 0.717) is 0 Å². The van der Waals surface area contributed by atoms with Crippen LogP contribution in [0.2, 0.25) is 0 Å². The zero-order valence-electron chi connectivity index (χ0n) is 10.6. The molecule has 0 saturated carbocycles. The Morgan fingerprint density at radius 1 is 1.12 bits per heavy atom. The Hall–Kier alpha value is 0.554. The van der Waals surface area contributed by atoms with E-state index in [1.807, 2.05) is 0 Å². The molecular weight excluding hydrogens is 306 g/mol. The van der Waals surface area contributed by atoms with Gasteiger partial charge >= 0.3 is 103 Å². The maximum atomic E-state index is 2.44. The van der Waals surface area contributed by atoms with Gasteiger partial charge in [-0.25, -0.2) is 0 Å². The summed E-state index contributed by atoms with van der Waals surface area (Å²) in [6.07, 6.45) is 3.69. The summed E-state index contributed by atoms with van der Waals surface area (Å²) in [7, 11) is 0.985. The molecule has 0 fully saturated rings. The van der Waals surface area contributed by atoms with E-state index in [1.54, 1.807) is 18.6 Å². The Labute approximate surface area is 127 Å². The minimum atomic E-state index is 0. The van der Waals surface area contributed by atoms with Gasteiger partial charge in [0.15, 0.2) is 0 Å². The number of allylic oxidation sites excluding steroid dienone is 4. The maximum absolute atomic E-state index is 2.44. The van der Waals surface area contributed by atoms with Crippen LogP contribution in [0, 0.1) is 13.8 Å². The van der Waals surface area contributed by atoms with Crippen molar-refractivity contribution < 1.29 is 44.0 Å². The van der Waals surface area contributed by atoms with E-state index in [9.17, 15) is 0 Å². The number of aryl methyl sites for hydroxylation is 1. The van der Waals surface area contributed by atoms with Gasteiger partial charge in [0.05, 0.1) is 0 Å². The normalized spacial score (nSPS) is 14.2. The predicted molar refractivity (Wildman–Crippen MR) is 66.1 cm³/mol. The molecule has 0 radical (unpaired) electrons. The Bertz CT molecular complexity index is 458. The summed E-state index contributed by atoms with van der Waals surface area (Å²) < 4.78 is 3.51. The van der Waals surface area contributed by atoms with Gasteiger partial charge in [0, 0.05) is 0 Å². The number of rotatable bonds is 2. The second-order valence-electron chi connectivity index (χ2n) is 4.41. The fraction of sp³-hybridized carbons (Fsp3) is 0.385. The summed E-state index contributed by atoms with van der Waals surface area (Å²) in [6.45, 7) is 9.06. The zero-order valence-corrected chi connectivity index (χ0v) is 14.7. The van der Waals surface area contributed by atoms with Gasteiger partial charge in [0.2, 0.25) is 0 Å². The predicted octanol–water partition coefficient (Wildman–Crippen LogP) is -2.33. The summed E-state index contributed by atoms with van der Waals surface area (Å²) in [5, 5.41) is 0. The first-order chi connectivity index (χ1) is 7.08. The van der Waals surface area contributed by atoms with E-state index in [4.69, 9.17) is 0 Å². The fourth-order valence-electron chi connectivity index (χ4n) is 1.83. The van der Waals surface area contributed by atoms with Crippen LogP contribution in [0.1, 0.15) is 31.4 Å².